The number of fused-ring (bicyclic) bond motifs is 1. The quantitative estimate of drug-likeness (QED) is 0.741. The molecule has 0 bridgehead atoms. The van der Waals surface area contributed by atoms with E-state index < -0.39 is 0 Å². The van der Waals surface area contributed by atoms with E-state index in [-0.39, 0.29) is 0 Å². The molecular formula is C14H11N3OS. The second kappa shape index (κ2) is 4.75. The third-order valence-electron chi connectivity index (χ3n) is 3.07. The topological polar surface area (TPSA) is 57.6 Å². The van der Waals surface area contributed by atoms with Crippen molar-refractivity contribution in [2.24, 2.45) is 0 Å². The second-order valence-corrected chi connectivity index (χ2v) is 4.64. The minimum absolute atomic E-state index is 0.633. The molecule has 0 aliphatic rings. The molecule has 0 radical (unpaired) electrons. The standard InChI is InChI=1S/C14H11N3OS/c15-9-10-3-4-12-13(8-10)17(14(19)16-12)6-5-11-2-1-7-18-11/h1-4,7-8H,5-6H2,(H,16,19). The van der Waals surface area contributed by atoms with Crippen LogP contribution in [0.1, 0.15) is 11.3 Å². The van der Waals surface area contributed by atoms with Gasteiger partial charge >= 0.3 is 0 Å². The third-order valence-corrected chi connectivity index (χ3v) is 3.39. The lowest BCUT2D eigenvalue weighted by molar-refractivity contribution is 0.492. The molecule has 4 nitrogen and oxygen atoms in total. The number of benzene rings is 1. The Morgan fingerprint density at radius 2 is 2.26 bits per heavy atom. The summed E-state index contributed by atoms with van der Waals surface area (Å²) in [6.45, 7) is 0.723. The second-order valence-electron chi connectivity index (χ2n) is 4.25. The Labute approximate surface area is 114 Å². The van der Waals surface area contributed by atoms with Crippen LogP contribution in [0.3, 0.4) is 0 Å². The largest absolute Gasteiger partial charge is 0.469 e. The molecular weight excluding hydrogens is 258 g/mol. The number of hydrogen-bond donors (Lipinski definition) is 1. The molecule has 5 heteroatoms. The first kappa shape index (κ1) is 11.8. The van der Waals surface area contributed by atoms with Gasteiger partial charge in [0.25, 0.3) is 0 Å². The van der Waals surface area contributed by atoms with Crippen LogP contribution in [0.2, 0.25) is 0 Å². The van der Waals surface area contributed by atoms with Gasteiger partial charge in [0.2, 0.25) is 0 Å². The number of H-pyrrole nitrogens is 1. The van der Waals surface area contributed by atoms with Crippen molar-refractivity contribution in [2.75, 3.05) is 0 Å². The van der Waals surface area contributed by atoms with E-state index in [4.69, 9.17) is 21.9 Å². The fraction of sp³-hybridized carbons (Fsp3) is 0.143. The summed E-state index contributed by atoms with van der Waals surface area (Å²) in [6, 6.07) is 11.5. The van der Waals surface area contributed by atoms with Crippen LogP contribution in [-0.2, 0) is 13.0 Å². The van der Waals surface area contributed by atoms with Crippen molar-refractivity contribution >= 4 is 23.3 Å². The first-order chi connectivity index (χ1) is 9.28. The number of aryl methyl sites for hydroxylation is 2. The van der Waals surface area contributed by atoms with E-state index in [1.54, 1.807) is 12.3 Å². The number of imidazole rings is 1. The molecule has 2 aromatic heterocycles. The Hall–Kier alpha value is -2.32. The van der Waals surface area contributed by atoms with Gasteiger partial charge in [-0.1, -0.05) is 0 Å². The Bertz CT molecular complexity index is 805. The summed E-state index contributed by atoms with van der Waals surface area (Å²) in [4.78, 5) is 3.15. The van der Waals surface area contributed by atoms with Gasteiger partial charge in [0.15, 0.2) is 4.77 Å². The molecule has 0 aliphatic carbocycles. The smallest absolute Gasteiger partial charge is 0.178 e. The molecule has 3 rings (SSSR count). The minimum atomic E-state index is 0.633. The van der Waals surface area contributed by atoms with Gasteiger partial charge in [0.1, 0.15) is 5.76 Å². The van der Waals surface area contributed by atoms with Crippen molar-refractivity contribution in [3.05, 3.63) is 52.7 Å². The minimum Gasteiger partial charge on any atom is -0.469 e. The molecule has 0 fully saturated rings. The predicted octanol–water partition coefficient (Wildman–Crippen LogP) is 3.41. The first-order valence-electron chi connectivity index (χ1n) is 5.93. The van der Waals surface area contributed by atoms with Crippen LogP contribution in [0, 0.1) is 16.1 Å². The SMILES string of the molecule is N#Cc1ccc2[nH]c(=S)n(CCc3ccco3)c2c1. The lowest BCUT2D eigenvalue weighted by Crippen LogP contribution is -2.00. The Morgan fingerprint density at radius 3 is 3.00 bits per heavy atom. The molecule has 0 aliphatic heterocycles. The molecule has 0 saturated heterocycles. The van der Waals surface area contributed by atoms with E-state index in [1.807, 2.05) is 28.8 Å². The zero-order valence-electron chi connectivity index (χ0n) is 10.1. The number of nitrogens with one attached hydrogen (secondary N) is 1. The summed E-state index contributed by atoms with van der Waals surface area (Å²) in [5.74, 6) is 0.924. The molecule has 3 aromatic rings. The third kappa shape index (κ3) is 2.18. The molecule has 2 heterocycles. The summed E-state index contributed by atoms with van der Waals surface area (Å²) in [5.41, 5.74) is 2.53. The average molecular weight is 269 g/mol. The lowest BCUT2D eigenvalue weighted by Gasteiger charge is -2.03. The number of nitriles is 1. The monoisotopic (exact) mass is 269 g/mol. The van der Waals surface area contributed by atoms with Crippen molar-refractivity contribution in [1.82, 2.24) is 9.55 Å². The number of aromatic amines is 1. The van der Waals surface area contributed by atoms with Gasteiger partial charge in [-0.15, -0.1) is 0 Å². The van der Waals surface area contributed by atoms with Crippen molar-refractivity contribution in [1.29, 1.82) is 5.26 Å². The summed E-state index contributed by atoms with van der Waals surface area (Å²) in [7, 11) is 0. The van der Waals surface area contributed by atoms with Crippen molar-refractivity contribution in [3.8, 4) is 6.07 Å². The highest BCUT2D eigenvalue weighted by Gasteiger charge is 2.06. The zero-order chi connectivity index (χ0) is 13.2. The van der Waals surface area contributed by atoms with Crippen molar-refractivity contribution in [2.45, 2.75) is 13.0 Å². The normalized spacial score (nSPS) is 10.7. The molecule has 94 valence electrons. The van der Waals surface area contributed by atoms with Gasteiger partial charge < -0.3 is 14.0 Å². The van der Waals surface area contributed by atoms with Gasteiger partial charge in [0, 0.05) is 13.0 Å². The van der Waals surface area contributed by atoms with Gasteiger partial charge in [-0.05, 0) is 42.5 Å². The van der Waals surface area contributed by atoms with E-state index in [2.05, 4.69) is 11.1 Å². The van der Waals surface area contributed by atoms with Gasteiger partial charge in [-0.2, -0.15) is 5.26 Å². The maximum atomic E-state index is 8.96. The van der Waals surface area contributed by atoms with Crippen molar-refractivity contribution in [3.63, 3.8) is 0 Å². The van der Waals surface area contributed by atoms with Gasteiger partial charge in [-0.25, -0.2) is 0 Å². The van der Waals surface area contributed by atoms with Gasteiger partial charge in [0.05, 0.1) is 28.9 Å². The molecule has 19 heavy (non-hydrogen) atoms. The fourth-order valence-electron chi connectivity index (χ4n) is 2.12. The van der Waals surface area contributed by atoms with E-state index >= 15 is 0 Å². The molecule has 0 atom stereocenters. The zero-order valence-corrected chi connectivity index (χ0v) is 10.9. The molecule has 1 aromatic carbocycles. The molecule has 0 amide bonds. The Kier molecular flexibility index (Phi) is 2.94. The van der Waals surface area contributed by atoms with Crippen LogP contribution in [0.5, 0.6) is 0 Å². The highest BCUT2D eigenvalue weighted by molar-refractivity contribution is 7.71. The van der Waals surface area contributed by atoms with Crippen molar-refractivity contribution < 1.29 is 4.42 Å². The number of rotatable bonds is 3. The lowest BCUT2D eigenvalue weighted by atomic mass is 10.2. The molecule has 0 spiro atoms. The van der Waals surface area contributed by atoms with Crippen LogP contribution < -0.4 is 0 Å². The highest BCUT2D eigenvalue weighted by atomic mass is 32.1. The number of hydrogen-bond acceptors (Lipinski definition) is 3. The summed E-state index contributed by atoms with van der Waals surface area (Å²) >= 11 is 5.32. The molecule has 1 N–H and O–H groups in total. The predicted molar refractivity (Wildman–Crippen MR) is 74.2 cm³/mol. The summed E-state index contributed by atoms with van der Waals surface area (Å²) < 4.78 is 7.98. The molecule has 0 unspecified atom stereocenters. The Balaban J connectivity index is 2.00. The number of aromatic nitrogens is 2. The summed E-state index contributed by atoms with van der Waals surface area (Å²) in [5, 5.41) is 8.96. The Morgan fingerprint density at radius 1 is 1.37 bits per heavy atom. The van der Waals surface area contributed by atoms with E-state index in [1.165, 1.54) is 0 Å². The maximum Gasteiger partial charge on any atom is 0.178 e. The maximum absolute atomic E-state index is 8.96. The van der Waals surface area contributed by atoms with E-state index in [0.717, 1.165) is 29.8 Å². The fourth-order valence-corrected chi connectivity index (χ4v) is 2.42. The van der Waals surface area contributed by atoms with Crippen LogP contribution in [0.15, 0.2) is 41.0 Å². The van der Waals surface area contributed by atoms with Crippen LogP contribution >= 0.6 is 12.2 Å². The van der Waals surface area contributed by atoms with E-state index in [0.29, 0.717) is 10.3 Å². The average Bonchev–Trinajstić information content (AvgIpc) is 3.03. The van der Waals surface area contributed by atoms with Gasteiger partial charge in [-0.3, -0.25) is 0 Å². The van der Waals surface area contributed by atoms with Crippen LogP contribution in [-0.4, -0.2) is 9.55 Å². The summed E-state index contributed by atoms with van der Waals surface area (Å²) in [6.07, 6.45) is 2.43. The first-order valence-corrected chi connectivity index (χ1v) is 6.34. The highest BCUT2D eigenvalue weighted by Crippen LogP contribution is 2.17. The number of furan rings is 1. The van der Waals surface area contributed by atoms with E-state index in [9.17, 15) is 0 Å². The number of nitrogens with zero attached hydrogens (tertiary/aromatic N) is 2. The molecule has 0 saturated carbocycles. The van der Waals surface area contributed by atoms with Crippen LogP contribution in [0.4, 0.5) is 0 Å². The van der Waals surface area contributed by atoms with Crippen LogP contribution in [0.25, 0.3) is 11.0 Å².